The molecule has 2 heteroatoms. The van der Waals surface area contributed by atoms with Crippen molar-refractivity contribution >= 4 is 17.4 Å². The van der Waals surface area contributed by atoms with Crippen LogP contribution in [0, 0.1) is 6.92 Å². The third-order valence-corrected chi connectivity index (χ3v) is 2.91. The molecule has 0 spiro atoms. The zero-order valence-electron chi connectivity index (χ0n) is 8.03. The first-order chi connectivity index (χ1) is 6.79. The molecule has 1 heterocycles. The Labute approximate surface area is 87.8 Å². The lowest BCUT2D eigenvalue weighted by Gasteiger charge is -1.96. The Balaban J connectivity index is 2.43. The van der Waals surface area contributed by atoms with Crippen molar-refractivity contribution in [2.45, 2.75) is 6.92 Å². The van der Waals surface area contributed by atoms with Crippen LogP contribution in [-0.2, 0) is 0 Å². The number of aryl methyl sites for hydroxylation is 1. The van der Waals surface area contributed by atoms with E-state index in [4.69, 9.17) is 0 Å². The average Bonchev–Trinajstić information content (AvgIpc) is 2.66. The predicted molar refractivity (Wildman–Crippen MR) is 62.4 cm³/mol. The fourth-order valence-electron chi connectivity index (χ4n) is 1.29. The van der Waals surface area contributed by atoms with Gasteiger partial charge in [-0.25, -0.2) is 4.98 Å². The number of benzene rings is 1. The van der Waals surface area contributed by atoms with E-state index in [9.17, 15) is 0 Å². The van der Waals surface area contributed by atoms with Gasteiger partial charge in [-0.3, -0.25) is 0 Å². The summed E-state index contributed by atoms with van der Waals surface area (Å²) in [5.41, 5.74) is 3.40. The van der Waals surface area contributed by atoms with Crippen LogP contribution < -0.4 is 0 Å². The Morgan fingerprint density at radius 3 is 2.93 bits per heavy atom. The normalized spacial score (nSPS) is 10.1. The van der Waals surface area contributed by atoms with Gasteiger partial charge in [0, 0.05) is 10.9 Å². The maximum atomic E-state index is 4.44. The first-order valence-electron chi connectivity index (χ1n) is 4.44. The van der Waals surface area contributed by atoms with E-state index in [-0.39, 0.29) is 0 Å². The highest BCUT2D eigenvalue weighted by molar-refractivity contribution is 7.13. The molecule has 2 rings (SSSR count). The van der Waals surface area contributed by atoms with Crippen LogP contribution in [0.1, 0.15) is 11.3 Å². The smallest absolute Gasteiger partial charge is 0.124 e. The molecule has 70 valence electrons. The van der Waals surface area contributed by atoms with Gasteiger partial charge in [0.25, 0.3) is 0 Å². The molecule has 0 atom stereocenters. The topological polar surface area (TPSA) is 12.9 Å². The standard InChI is InChI=1S/C12H11NS/c1-3-11-8-14-12(13-11)10-6-4-5-9(2)7-10/h3-8H,1H2,2H3. The lowest BCUT2D eigenvalue weighted by atomic mass is 10.1. The van der Waals surface area contributed by atoms with E-state index in [1.807, 2.05) is 5.38 Å². The Kier molecular flexibility index (Phi) is 2.46. The van der Waals surface area contributed by atoms with Crippen LogP contribution in [0.3, 0.4) is 0 Å². The Morgan fingerprint density at radius 2 is 2.29 bits per heavy atom. The van der Waals surface area contributed by atoms with Gasteiger partial charge >= 0.3 is 0 Å². The van der Waals surface area contributed by atoms with Crippen molar-refractivity contribution in [3.63, 3.8) is 0 Å². The van der Waals surface area contributed by atoms with E-state index >= 15 is 0 Å². The summed E-state index contributed by atoms with van der Waals surface area (Å²) in [6.07, 6.45) is 1.77. The summed E-state index contributed by atoms with van der Waals surface area (Å²) in [5.74, 6) is 0. The molecular weight excluding hydrogens is 190 g/mol. The fraction of sp³-hybridized carbons (Fsp3) is 0.0833. The molecule has 1 aromatic heterocycles. The van der Waals surface area contributed by atoms with Crippen LogP contribution in [0.4, 0.5) is 0 Å². The maximum absolute atomic E-state index is 4.44. The predicted octanol–water partition coefficient (Wildman–Crippen LogP) is 3.76. The van der Waals surface area contributed by atoms with Crippen LogP contribution in [0.25, 0.3) is 16.6 Å². The van der Waals surface area contributed by atoms with Gasteiger partial charge in [0.15, 0.2) is 0 Å². The molecule has 2 aromatic rings. The number of hydrogen-bond acceptors (Lipinski definition) is 2. The van der Waals surface area contributed by atoms with Crippen molar-refractivity contribution in [2.75, 3.05) is 0 Å². The molecule has 0 aliphatic heterocycles. The summed E-state index contributed by atoms with van der Waals surface area (Å²) in [7, 11) is 0. The highest BCUT2D eigenvalue weighted by Crippen LogP contribution is 2.24. The molecule has 1 nitrogen and oxygen atoms in total. The summed E-state index contributed by atoms with van der Waals surface area (Å²) in [6, 6.07) is 8.37. The Hall–Kier alpha value is -1.41. The Bertz CT molecular complexity index is 457. The van der Waals surface area contributed by atoms with Crippen molar-refractivity contribution in [3.8, 4) is 10.6 Å². The molecule has 0 radical (unpaired) electrons. The molecule has 0 saturated heterocycles. The monoisotopic (exact) mass is 201 g/mol. The van der Waals surface area contributed by atoms with Crippen LogP contribution in [0.15, 0.2) is 36.2 Å². The zero-order valence-corrected chi connectivity index (χ0v) is 8.84. The molecular formula is C12H11NS. The minimum Gasteiger partial charge on any atom is -0.237 e. The van der Waals surface area contributed by atoms with Gasteiger partial charge in [-0.1, -0.05) is 30.3 Å². The lowest BCUT2D eigenvalue weighted by molar-refractivity contribution is 1.37. The van der Waals surface area contributed by atoms with E-state index in [1.165, 1.54) is 11.1 Å². The number of hydrogen-bond donors (Lipinski definition) is 0. The van der Waals surface area contributed by atoms with E-state index in [0.717, 1.165) is 10.7 Å². The van der Waals surface area contributed by atoms with Crippen molar-refractivity contribution in [1.29, 1.82) is 0 Å². The molecule has 0 bridgehead atoms. The number of thiazole rings is 1. The van der Waals surface area contributed by atoms with Gasteiger partial charge in [-0.2, -0.15) is 0 Å². The fourth-order valence-corrected chi connectivity index (χ4v) is 2.09. The van der Waals surface area contributed by atoms with Crippen LogP contribution in [0.5, 0.6) is 0 Å². The van der Waals surface area contributed by atoms with Crippen molar-refractivity contribution in [2.24, 2.45) is 0 Å². The summed E-state index contributed by atoms with van der Waals surface area (Å²) in [6.45, 7) is 5.79. The van der Waals surface area contributed by atoms with E-state index in [1.54, 1.807) is 17.4 Å². The zero-order chi connectivity index (χ0) is 9.97. The lowest BCUT2D eigenvalue weighted by Crippen LogP contribution is -1.78. The molecule has 0 aliphatic rings. The van der Waals surface area contributed by atoms with E-state index in [0.29, 0.717) is 0 Å². The maximum Gasteiger partial charge on any atom is 0.124 e. The molecule has 0 saturated carbocycles. The SMILES string of the molecule is C=Cc1csc(-c2cccc(C)c2)n1. The summed E-state index contributed by atoms with van der Waals surface area (Å²) in [4.78, 5) is 4.44. The van der Waals surface area contributed by atoms with Crippen molar-refractivity contribution in [3.05, 3.63) is 47.5 Å². The first-order valence-corrected chi connectivity index (χ1v) is 5.32. The molecule has 14 heavy (non-hydrogen) atoms. The minimum absolute atomic E-state index is 0.950. The van der Waals surface area contributed by atoms with Crippen LogP contribution >= 0.6 is 11.3 Å². The highest BCUT2D eigenvalue weighted by atomic mass is 32.1. The average molecular weight is 201 g/mol. The minimum atomic E-state index is 0.950. The van der Waals surface area contributed by atoms with E-state index in [2.05, 4.69) is 42.8 Å². The van der Waals surface area contributed by atoms with Gasteiger partial charge in [-0.05, 0) is 19.1 Å². The Morgan fingerprint density at radius 1 is 1.43 bits per heavy atom. The van der Waals surface area contributed by atoms with Crippen molar-refractivity contribution < 1.29 is 0 Å². The quantitative estimate of drug-likeness (QED) is 0.721. The summed E-state index contributed by atoms with van der Waals surface area (Å²) < 4.78 is 0. The van der Waals surface area contributed by atoms with Gasteiger partial charge in [0.05, 0.1) is 5.69 Å². The first kappa shape index (κ1) is 9.16. The summed E-state index contributed by atoms with van der Waals surface area (Å²) in [5, 5.41) is 3.08. The van der Waals surface area contributed by atoms with Crippen LogP contribution in [-0.4, -0.2) is 4.98 Å². The molecule has 0 amide bonds. The van der Waals surface area contributed by atoms with Gasteiger partial charge in [0.2, 0.25) is 0 Å². The third kappa shape index (κ3) is 1.75. The second kappa shape index (κ2) is 3.76. The molecule has 0 aliphatic carbocycles. The largest absolute Gasteiger partial charge is 0.237 e. The van der Waals surface area contributed by atoms with Crippen molar-refractivity contribution in [1.82, 2.24) is 4.98 Å². The van der Waals surface area contributed by atoms with Crippen LogP contribution in [0.2, 0.25) is 0 Å². The number of rotatable bonds is 2. The van der Waals surface area contributed by atoms with Gasteiger partial charge < -0.3 is 0 Å². The number of aromatic nitrogens is 1. The third-order valence-electron chi connectivity index (χ3n) is 2.00. The second-order valence-electron chi connectivity index (χ2n) is 3.15. The van der Waals surface area contributed by atoms with Gasteiger partial charge in [0.1, 0.15) is 5.01 Å². The summed E-state index contributed by atoms with van der Waals surface area (Å²) >= 11 is 1.65. The molecule has 0 unspecified atom stereocenters. The second-order valence-corrected chi connectivity index (χ2v) is 4.01. The molecule has 0 N–H and O–H groups in total. The van der Waals surface area contributed by atoms with Gasteiger partial charge in [-0.15, -0.1) is 11.3 Å². The molecule has 0 fully saturated rings. The highest BCUT2D eigenvalue weighted by Gasteiger charge is 2.01. The number of nitrogens with zero attached hydrogens (tertiary/aromatic N) is 1. The molecule has 1 aromatic carbocycles. The van der Waals surface area contributed by atoms with E-state index < -0.39 is 0 Å².